The highest BCUT2D eigenvalue weighted by atomic mass is 79.9. The summed E-state index contributed by atoms with van der Waals surface area (Å²) in [6.45, 7) is 1.07. The Morgan fingerprint density at radius 3 is 2.25 bits per heavy atom. The molecule has 0 spiro atoms. The lowest BCUT2D eigenvalue weighted by molar-refractivity contribution is 0.0337. The predicted octanol–water partition coefficient (Wildman–Crippen LogP) is 3.18. The van der Waals surface area contributed by atoms with E-state index in [1.54, 1.807) is 0 Å². The van der Waals surface area contributed by atoms with Crippen LogP contribution in [0.25, 0.3) is 0 Å². The molecule has 2 aromatic rings. The van der Waals surface area contributed by atoms with Crippen LogP contribution < -0.4 is 5.32 Å². The number of amides is 1. The fourth-order valence-electron chi connectivity index (χ4n) is 2.83. The number of benzene rings is 1. The van der Waals surface area contributed by atoms with Crippen molar-refractivity contribution in [3.63, 3.8) is 0 Å². The number of hydrogen-bond acceptors (Lipinski definition) is 4. The molecule has 2 N–H and O–H groups in total. The van der Waals surface area contributed by atoms with E-state index in [2.05, 4.69) is 21.2 Å². The van der Waals surface area contributed by atoms with E-state index < -0.39 is 17.4 Å². The second-order valence-corrected chi connectivity index (χ2v) is 6.54. The van der Waals surface area contributed by atoms with Gasteiger partial charge < -0.3 is 19.6 Å². The quantitative estimate of drug-likeness (QED) is 0.832. The molecular formula is C17H16BrNO5. The largest absolute Gasteiger partial charge is 0.475 e. The zero-order chi connectivity index (χ0) is 17.2. The van der Waals surface area contributed by atoms with Crippen molar-refractivity contribution < 1.29 is 23.8 Å². The first-order chi connectivity index (χ1) is 11.5. The number of carbonyl (C=O) groups is 2. The van der Waals surface area contributed by atoms with Gasteiger partial charge in [0.1, 0.15) is 0 Å². The summed E-state index contributed by atoms with van der Waals surface area (Å²) in [6, 6.07) is 10.4. The standard InChI is InChI=1S/C17H16BrNO5/c18-12-3-1-11(2-4-12)17(7-9-23-10-8-17)19-15(20)13-5-6-14(24-13)16(21)22/h1-6H,7-10H2,(H,19,20)(H,21,22). The van der Waals surface area contributed by atoms with Gasteiger partial charge in [-0.2, -0.15) is 0 Å². The van der Waals surface area contributed by atoms with Crippen molar-refractivity contribution in [1.82, 2.24) is 5.32 Å². The molecule has 0 radical (unpaired) electrons. The Labute approximate surface area is 146 Å². The van der Waals surface area contributed by atoms with E-state index in [9.17, 15) is 9.59 Å². The zero-order valence-corrected chi connectivity index (χ0v) is 14.3. The normalized spacial score (nSPS) is 16.5. The van der Waals surface area contributed by atoms with Crippen molar-refractivity contribution in [3.8, 4) is 0 Å². The molecule has 1 aliphatic rings. The summed E-state index contributed by atoms with van der Waals surface area (Å²) in [6.07, 6.45) is 1.26. The average molecular weight is 394 g/mol. The Bertz CT molecular complexity index is 747. The molecular weight excluding hydrogens is 378 g/mol. The number of carbonyl (C=O) groups excluding carboxylic acids is 1. The number of carboxylic acids is 1. The Balaban J connectivity index is 1.87. The third-order valence-electron chi connectivity index (χ3n) is 4.14. The molecule has 1 fully saturated rings. The van der Waals surface area contributed by atoms with Gasteiger partial charge in [-0.25, -0.2) is 4.79 Å². The minimum absolute atomic E-state index is 0.0182. The minimum Gasteiger partial charge on any atom is -0.475 e. The van der Waals surface area contributed by atoms with Gasteiger partial charge in [-0.15, -0.1) is 0 Å². The van der Waals surface area contributed by atoms with Gasteiger partial charge in [0, 0.05) is 17.7 Å². The number of furan rings is 1. The summed E-state index contributed by atoms with van der Waals surface area (Å²) < 4.78 is 11.5. The molecule has 1 aromatic carbocycles. The molecule has 6 nitrogen and oxygen atoms in total. The number of hydrogen-bond donors (Lipinski definition) is 2. The highest BCUT2D eigenvalue weighted by Gasteiger charge is 2.36. The molecule has 0 bridgehead atoms. The van der Waals surface area contributed by atoms with Crippen molar-refractivity contribution in [1.29, 1.82) is 0 Å². The third kappa shape index (κ3) is 3.37. The van der Waals surface area contributed by atoms with Crippen LogP contribution in [0.15, 0.2) is 45.3 Å². The first-order valence-electron chi connectivity index (χ1n) is 7.50. The summed E-state index contributed by atoms with van der Waals surface area (Å²) in [4.78, 5) is 23.4. The second-order valence-electron chi connectivity index (χ2n) is 5.62. The van der Waals surface area contributed by atoms with Crippen LogP contribution in [0.4, 0.5) is 0 Å². The maximum atomic E-state index is 12.5. The molecule has 0 saturated carbocycles. The van der Waals surface area contributed by atoms with Crippen LogP contribution in [0, 0.1) is 0 Å². The van der Waals surface area contributed by atoms with E-state index in [0.29, 0.717) is 26.1 Å². The summed E-state index contributed by atoms with van der Waals surface area (Å²) >= 11 is 3.41. The monoisotopic (exact) mass is 393 g/mol. The fourth-order valence-corrected chi connectivity index (χ4v) is 3.09. The highest BCUT2D eigenvalue weighted by molar-refractivity contribution is 9.10. The van der Waals surface area contributed by atoms with Crippen molar-refractivity contribution >= 4 is 27.8 Å². The lowest BCUT2D eigenvalue weighted by Gasteiger charge is -2.38. The lowest BCUT2D eigenvalue weighted by atomic mass is 9.82. The van der Waals surface area contributed by atoms with E-state index in [-0.39, 0.29) is 11.5 Å². The smallest absolute Gasteiger partial charge is 0.371 e. The number of carboxylic acid groups (broad SMARTS) is 1. The number of halogens is 1. The molecule has 1 aromatic heterocycles. The molecule has 0 unspecified atom stereocenters. The van der Waals surface area contributed by atoms with Crippen LogP contribution in [0.5, 0.6) is 0 Å². The van der Waals surface area contributed by atoms with Crippen molar-refractivity contribution in [2.24, 2.45) is 0 Å². The molecule has 1 saturated heterocycles. The summed E-state index contributed by atoms with van der Waals surface area (Å²) in [5.41, 5.74) is 0.416. The van der Waals surface area contributed by atoms with Crippen molar-refractivity contribution in [2.45, 2.75) is 18.4 Å². The average Bonchev–Trinajstić information content (AvgIpc) is 3.07. The minimum atomic E-state index is -1.21. The highest BCUT2D eigenvalue weighted by Crippen LogP contribution is 2.33. The predicted molar refractivity (Wildman–Crippen MR) is 89.0 cm³/mol. The molecule has 1 amide bonds. The summed E-state index contributed by atoms with van der Waals surface area (Å²) in [5, 5.41) is 11.9. The Morgan fingerprint density at radius 2 is 1.67 bits per heavy atom. The summed E-state index contributed by atoms with van der Waals surface area (Å²) in [7, 11) is 0. The van der Waals surface area contributed by atoms with Gasteiger partial charge >= 0.3 is 5.97 Å². The van der Waals surface area contributed by atoms with E-state index in [0.717, 1.165) is 10.0 Å². The second kappa shape index (κ2) is 6.78. The Kier molecular flexibility index (Phi) is 4.73. The SMILES string of the molecule is O=C(O)c1ccc(C(=O)NC2(c3ccc(Br)cc3)CCOCC2)o1. The zero-order valence-electron chi connectivity index (χ0n) is 12.8. The number of ether oxygens (including phenoxy) is 1. The molecule has 7 heteroatoms. The van der Waals surface area contributed by atoms with E-state index in [4.69, 9.17) is 14.3 Å². The fraction of sp³-hybridized carbons (Fsp3) is 0.294. The van der Waals surface area contributed by atoms with Gasteiger partial charge in [-0.05, 0) is 42.7 Å². The van der Waals surface area contributed by atoms with Crippen LogP contribution in [0.2, 0.25) is 0 Å². The van der Waals surface area contributed by atoms with E-state index in [1.165, 1.54) is 12.1 Å². The molecule has 1 aliphatic heterocycles. The lowest BCUT2D eigenvalue weighted by Crippen LogP contribution is -2.49. The Morgan fingerprint density at radius 1 is 1.04 bits per heavy atom. The van der Waals surface area contributed by atoms with Crippen molar-refractivity contribution in [3.05, 3.63) is 58.0 Å². The first kappa shape index (κ1) is 16.7. The molecule has 24 heavy (non-hydrogen) atoms. The van der Waals surface area contributed by atoms with E-state index >= 15 is 0 Å². The van der Waals surface area contributed by atoms with Crippen molar-refractivity contribution in [2.75, 3.05) is 13.2 Å². The van der Waals surface area contributed by atoms with Gasteiger partial charge in [0.2, 0.25) is 5.76 Å². The molecule has 126 valence electrons. The van der Waals surface area contributed by atoms with Crippen LogP contribution in [0.1, 0.15) is 39.5 Å². The molecule has 0 atom stereocenters. The third-order valence-corrected chi connectivity index (χ3v) is 4.67. The van der Waals surface area contributed by atoms with E-state index in [1.807, 2.05) is 24.3 Å². The Hall–Kier alpha value is -2.12. The van der Waals surface area contributed by atoms with Crippen LogP contribution >= 0.6 is 15.9 Å². The molecule has 0 aliphatic carbocycles. The van der Waals surface area contributed by atoms with Gasteiger partial charge in [-0.1, -0.05) is 28.1 Å². The van der Waals surface area contributed by atoms with Crippen LogP contribution in [-0.4, -0.2) is 30.2 Å². The topological polar surface area (TPSA) is 88.8 Å². The number of nitrogens with one attached hydrogen (secondary N) is 1. The summed E-state index contributed by atoms with van der Waals surface area (Å²) in [5.74, 6) is -1.92. The number of rotatable bonds is 4. The molecule has 2 heterocycles. The van der Waals surface area contributed by atoms with Gasteiger partial charge in [0.25, 0.3) is 5.91 Å². The van der Waals surface area contributed by atoms with Crippen LogP contribution in [-0.2, 0) is 10.3 Å². The van der Waals surface area contributed by atoms with Crippen LogP contribution in [0.3, 0.4) is 0 Å². The first-order valence-corrected chi connectivity index (χ1v) is 8.29. The van der Waals surface area contributed by atoms with Gasteiger partial charge in [-0.3, -0.25) is 4.79 Å². The van der Waals surface area contributed by atoms with Gasteiger partial charge in [0.05, 0.1) is 5.54 Å². The molecule has 3 rings (SSSR count). The maximum Gasteiger partial charge on any atom is 0.371 e. The number of aromatic carboxylic acids is 1. The maximum absolute atomic E-state index is 12.5. The van der Waals surface area contributed by atoms with Gasteiger partial charge in [0.15, 0.2) is 5.76 Å².